The summed E-state index contributed by atoms with van der Waals surface area (Å²) < 4.78 is 10.9. The van der Waals surface area contributed by atoms with Crippen LogP contribution in [0.4, 0.5) is 0 Å². The molecule has 2 aromatic carbocycles. The summed E-state index contributed by atoms with van der Waals surface area (Å²) in [5.41, 5.74) is 1.23. The summed E-state index contributed by atoms with van der Waals surface area (Å²) in [7, 11) is 1.57. The number of methoxy groups -OCH3 is 1. The highest BCUT2D eigenvalue weighted by Crippen LogP contribution is 2.31. The number of hydrogen-bond donors (Lipinski definition) is 1. The highest BCUT2D eigenvalue weighted by Gasteiger charge is 2.10. The summed E-state index contributed by atoms with van der Waals surface area (Å²) in [5.74, 6) is 1.67. The van der Waals surface area contributed by atoms with Crippen LogP contribution in [0.1, 0.15) is 0 Å². The van der Waals surface area contributed by atoms with Crippen molar-refractivity contribution in [1.82, 2.24) is 9.97 Å². The second-order valence-electron chi connectivity index (χ2n) is 4.90. The highest BCUT2D eigenvalue weighted by atomic mass is 16.5. The third-order valence-electron chi connectivity index (χ3n) is 3.41. The van der Waals surface area contributed by atoms with Crippen molar-refractivity contribution >= 4 is 10.9 Å². The molecule has 3 aromatic rings. The lowest BCUT2D eigenvalue weighted by Crippen LogP contribution is -2.09. The van der Waals surface area contributed by atoms with Crippen molar-refractivity contribution in [2.45, 2.75) is 0 Å². The van der Waals surface area contributed by atoms with Gasteiger partial charge in [-0.15, -0.1) is 0 Å². The summed E-state index contributed by atoms with van der Waals surface area (Å²) in [6.45, 7) is 4.01. The molecule has 5 nitrogen and oxygen atoms in total. The zero-order chi connectivity index (χ0) is 16.2. The minimum atomic E-state index is -0.170. The summed E-state index contributed by atoms with van der Waals surface area (Å²) in [5, 5.41) is 0.564. The normalized spacial score (nSPS) is 10.5. The van der Waals surface area contributed by atoms with E-state index in [9.17, 15) is 4.79 Å². The molecule has 0 amide bonds. The molecular weight excluding hydrogens is 292 g/mol. The first-order valence-electron chi connectivity index (χ1n) is 7.14. The van der Waals surface area contributed by atoms with Gasteiger partial charge in [-0.1, -0.05) is 24.8 Å². The Morgan fingerprint density at radius 2 is 2.04 bits per heavy atom. The number of ether oxygens (including phenoxy) is 2. The van der Waals surface area contributed by atoms with Crippen molar-refractivity contribution < 1.29 is 9.47 Å². The molecule has 1 heterocycles. The highest BCUT2D eigenvalue weighted by molar-refractivity contribution is 5.79. The van der Waals surface area contributed by atoms with Gasteiger partial charge in [-0.25, -0.2) is 4.98 Å². The molecule has 0 aliphatic carbocycles. The Labute approximate surface area is 133 Å². The number of nitrogens with zero attached hydrogens (tertiary/aromatic N) is 1. The zero-order valence-corrected chi connectivity index (χ0v) is 12.7. The first-order chi connectivity index (χ1) is 11.2. The largest absolute Gasteiger partial charge is 0.493 e. The van der Waals surface area contributed by atoms with Gasteiger partial charge >= 0.3 is 0 Å². The average Bonchev–Trinajstić information content (AvgIpc) is 2.59. The van der Waals surface area contributed by atoms with Gasteiger partial charge in [0, 0.05) is 5.56 Å². The number of rotatable bonds is 5. The quantitative estimate of drug-likeness (QED) is 0.735. The molecule has 0 aliphatic rings. The SMILES string of the molecule is C=CCOc1ccc(-c2nc3ccccc3c(=O)[nH]2)cc1OC. The van der Waals surface area contributed by atoms with E-state index >= 15 is 0 Å². The van der Waals surface area contributed by atoms with E-state index in [4.69, 9.17) is 9.47 Å². The number of hydrogen-bond acceptors (Lipinski definition) is 4. The predicted molar refractivity (Wildman–Crippen MR) is 90.0 cm³/mol. The Bertz CT molecular complexity index is 916. The predicted octanol–water partition coefficient (Wildman–Crippen LogP) is 3.16. The molecule has 0 unspecified atom stereocenters. The van der Waals surface area contributed by atoms with Crippen LogP contribution in [0.2, 0.25) is 0 Å². The van der Waals surface area contributed by atoms with Gasteiger partial charge in [0.25, 0.3) is 5.56 Å². The first-order valence-corrected chi connectivity index (χ1v) is 7.14. The van der Waals surface area contributed by atoms with Crippen LogP contribution in [0.25, 0.3) is 22.3 Å². The monoisotopic (exact) mass is 308 g/mol. The van der Waals surface area contributed by atoms with Crippen molar-refractivity contribution in [3.63, 3.8) is 0 Å². The second-order valence-corrected chi connectivity index (χ2v) is 4.90. The fourth-order valence-corrected chi connectivity index (χ4v) is 2.31. The molecule has 0 atom stereocenters. The zero-order valence-electron chi connectivity index (χ0n) is 12.7. The van der Waals surface area contributed by atoms with E-state index in [2.05, 4.69) is 16.5 Å². The van der Waals surface area contributed by atoms with E-state index in [1.165, 1.54) is 0 Å². The lowest BCUT2D eigenvalue weighted by atomic mass is 10.1. The standard InChI is InChI=1S/C18H16N2O3/c1-3-10-23-15-9-8-12(11-16(15)22-2)17-19-14-7-5-4-6-13(14)18(21)20-17/h3-9,11H,1,10H2,2H3,(H,19,20,21). The van der Waals surface area contributed by atoms with Crippen LogP contribution in [-0.4, -0.2) is 23.7 Å². The van der Waals surface area contributed by atoms with E-state index in [0.717, 1.165) is 5.56 Å². The van der Waals surface area contributed by atoms with E-state index in [1.807, 2.05) is 24.3 Å². The molecule has 116 valence electrons. The summed E-state index contributed by atoms with van der Waals surface area (Å²) in [6.07, 6.45) is 1.66. The molecule has 0 bridgehead atoms. The maximum atomic E-state index is 12.2. The van der Waals surface area contributed by atoms with Crippen molar-refractivity contribution in [3.05, 3.63) is 65.5 Å². The van der Waals surface area contributed by atoms with Crippen LogP contribution >= 0.6 is 0 Å². The average molecular weight is 308 g/mol. The van der Waals surface area contributed by atoms with E-state index < -0.39 is 0 Å². The van der Waals surface area contributed by atoms with Gasteiger partial charge in [0.15, 0.2) is 11.5 Å². The molecule has 0 fully saturated rings. The molecule has 0 aliphatic heterocycles. The number of H-pyrrole nitrogens is 1. The lowest BCUT2D eigenvalue weighted by molar-refractivity contribution is 0.326. The fourth-order valence-electron chi connectivity index (χ4n) is 2.31. The third-order valence-corrected chi connectivity index (χ3v) is 3.41. The molecule has 0 spiro atoms. The van der Waals surface area contributed by atoms with Crippen molar-refractivity contribution in [2.75, 3.05) is 13.7 Å². The Morgan fingerprint density at radius 1 is 1.22 bits per heavy atom. The number of aromatic amines is 1. The van der Waals surface area contributed by atoms with Crippen LogP contribution < -0.4 is 15.0 Å². The topological polar surface area (TPSA) is 64.2 Å². The number of nitrogens with one attached hydrogen (secondary N) is 1. The van der Waals surface area contributed by atoms with Gasteiger partial charge in [0.1, 0.15) is 12.4 Å². The van der Waals surface area contributed by atoms with Gasteiger partial charge in [0.05, 0.1) is 18.0 Å². The van der Waals surface area contributed by atoms with Crippen molar-refractivity contribution in [1.29, 1.82) is 0 Å². The Morgan fingerprint density at radius 3 is 2.83 bits per heavy atom. The second kappa shape index (κ2) is 6.36. The third kappa shape index (κ3) is 2.94. The summed E-state index contributed by atoms with van der Waals surface area (Å²) in [6, 6.07) is 12.6. The number of aromatic nitrogens is 2. The van der Waals surface area contributed by atoms with Gasteiger partial charge in [-0.2, -0.15) is 0 Å². The number of fused-ring (bicyclic) bond motifs is 1. The van der Waals surface area contributed by atoms with Gasteiger partial charge in [-0.05, 0) is 30.3 Å². The molecule has 23 heavy (non-hydrogen) atoms. The molecule has 1 N–H and O–H groups in total. The minimum absolute atomic E-state index is 0.170. The van der Waals surface area contributed by atoms with Crippen molar-refractivity contribution in [3.8, 4) is 22.9 Å². The van der Waals surface area contributed by atoms with Crippen molar-refractivity contribution in [2.24, 2.45) is 0 Å². The number of benzene rings is 2. The Balaban J connectivity index is 2.08. The summed E-state index contributed by atoms with van der Waals surface area (Å²) >= 11 is 0. The van der Waals surface area contributed by atoms with Gasteiger partial charge in [-0.3, -0.25) is 4.79 Å². The van der Waals surface area contributed by atoms with Crippen LogP contribution in [0.3, 0.4) is 0 Å². The molecule has 0 saturated carbocycles. The molecule has 0 radical (unpaired) electrons. The van der Waals surface area contributed by atoms with Crippen LogP contribution in [0.5, 0.6) is 11.5 Å². The maximum absolute atomic E-state index is 12.2. The van der Waals surface area contributed by atoms with Crippen LogP contribution in [0, 0.1) is 0 Å². The lowest BCUT2D eigenvalue weighted by Gasteiger charge is -2.11. The molecular formula is C18H16N2O3. The van der Waals surface area contributed by atoms with Crippen LogP contribution in [0.15, 0.2) is 59.9 Å². The Hall–Kier alpha value is -3.08. The maximum Gasteiger partial charge on any atom is 0.259 e. The molecule has 1 aromatic heterocycles. The molecule has 3 rings (SSSR count). The molecule has 0 saturated heterocycles. The van der Waals surface area contributed by atoms with E-state index in [1.54, 1.807) is 31.4 Å². The smallest absolute Gasteiger partial charge is 0.259 e. The van der Waals surface area contributed by atoms with Crippen LogP contribution in [-0.2, 0) is 0 Å². The molecule has 5 heteroatoms. The number of para-hydroxylation sites is 1. The summed E-state index contributed by atoms with van der Waals surface area (Å²) in [4.78, 5) is 19.5. The van der Waals surface area contributed by atoms with Gasteiger partial charge < -0.3 is 14.5 Å². The van der Waals surface area contributed by atoms with Gasteiger partial charge in [0.2, 0.25) is 0 Å². The Kier molecular flexibility index (Phi) is 4.10. The van der Waals surface area contributed by atoms with E-state index in [-0.39, 0.29) is 5.56 Å². The fraction of sp³-hybridized carbons (Fsp3) is 0.111. The first kappa shape index (κ1) is 14.8. The van der Waals surface area contributed by atoms with E-state index in [0.29, 0.717) is 34.8 Å². The minimum Gasteiger partial charge on any atom is -0.493 e.